The van der Waals surface area contributed by atoms with Crippen LogP contribution in [0.5, 0.6) is 0 Å². The van der Waals surface area contributed by atoms with E-state index in [2.05, 4.69) is 20.6 Å². The first kappa shape index (κ1) is 21.1. The molecule has 1 fully saturated rings. The highest BCUT2D eigenvalue weighted by Crippen LogP contribution is 2.27. The van der Waals surface area contributed by atoms with E-state index in [1.54, 1.807) is 10.3 Å². The maximum Gasteiger partial charge on any atom is 0.322 e. The minimum absolute atomic E-state index is 0.0295. The van der Waals surface area contributed by atoms with Gasteiger partial charge in [-0.2, -0.15) is 5.48 Å². The molecule has 4 heterocycles. The number of fused-ring (bicyclic) bond motifs is 1. The third-order valence-corrected chi connectivity index (χ3v) is 5.46. The molecule has 0 spiro atoms. The lowest BCUT2D eigenvalue weighted by Gasteiger charge is -2.40. The van der Waals surface area contributed by atoms with E-state index < -0.39 is 22.7 Å². The number of carbonyl (C=O) groups excluding carboxylic acids is 1. The molecule has 0 unspecified atom stereocenters. The molecule has 0 aliphatic carbocycles. The molecule has 11 nitrogen and oxygen atoms in total. The number of rotatable bonds is 8. The number of carbonyl (C=O) groups is 1. The molecular weight excluding hydrogens is 431 g/mol. The summed E-state index contributed by atoms with van der Waals surface area (Å²) < 4.78 is 16.2. The molecule has 0 aromatic carbocycles. The van der Waals surface area contributed by atoms with E-state index in [4.69, 9.17) is 9.94 Å². The standard InChI is InChI=1S/C18H17FN6O5S/c19-13-6-11-14(27)12(17(28)22-29)9-25(18-20-2-5-31-18)15(11)21-16(13)24-7-10(8-24)23-30-4-1-3-26/h2,5-6,9-10,23,26H,1,3-4,7-8H2. The van der Waals surface area contributed by atoms with Crippen LogP contribution in [0, 0.1) is 10.7 Å². The maximum atomic E-state index is 14.8. The van der Waals surface area contributed by atoms with Crippen LogP contribution in [0.15, 0.2) is 33.8 Å². The highest BCUT2D eigenvalue weighted by atomic mass is 32.1. The molecule has 31 heavy (non-hydrogen) atoms. The van der Waals surface area contributed by atoms with Crippen molar-refractivity contribution in [1.82, 2.24) is 20.0 Å². The van der Waals surface area contributed by atoms with Gasteiger partial charge in [0.15, 0.2) is 22.4 Å². The van der Waals surface area contributed by atoms with Crippen LogP contribution in [0.25, 0.3) is 16.2 Å². The Morgan fingerprint density at radius 1 is 1.45 bits per heavy atom. The van der Waals surface area contributed by atoms with Gasteiger partial charge in [-0.15, -0.1) is 16.2 Å². The summed E-state index contributed by atoms with van der Waals surface area (Å²) in [6, 6.07) is 0.958. The number of amides is 1. The Kier molecular flexibility index (Phi) is 6.08. The quantitative estimate of drug-likeness (QED) is 0.293. The SMILES string of the molecule is O=NC(=O)c1cn(-c2nccs2)c2nc(N3CC(NOCCCO)C3)c(F)cc2c1=O. The normalized spacial score (nSPS) is 14.1. The lowest BCUT2D eigenvalue weighted by molar-refractivity contribution is 0.00271. The van der Waals surface area contributed by atoms with Crippen LogP contribution in [0.3, 0.4) is 0 Å². The third-order valence-electron chi connectivity index (χ3n) is 4.69. The highest BCUT2D eigenvalue weighted by Gasteiger charge is 2.31. The number of thiazole rings is 1. The fourth-order valence-corrected chi connectivity index (χ4v) is 3.78. The Bertz CT molecular complexity index is 1180. The van der Waals surface area contributed by atoms with Crippen LogP contribution < -0.4 is 15.8 Å². The number of hydroxylamine groups is 1. The van der Waals surface area contributed by atoms with Gasteiger partial charge in [0, 0.05) is 42.6 Å². The molecule has 1 saturated heterocycles. The average Bonchev–Trinajstić information content (AvgIpc) is 3.27. The molecule has 4 rings (SSSR count). The molecule has 1 aliphatic heterocycles. The van der Waals surface area contributed by atoms with Crippen molar-refractivity contribution in [1.29, 1.82) is 0 Å². The van der Waals surface area contributed by atoms with Crippen LogP contribution in [0.4, 0.5) is 10.2 Å². The lowest BCUT2D eigenvalue weighted by Crippen LogP contribution is -2.58. The molecule has 13 heteroatoms. The van der Waals surface area contributed by atoms with Crippen LogP contribution >= 0.6 is 11.3 Å². The lowest BCUT2D eigenvalue weighted by atomic mass is 10.1. The fraction of sp³-hybridized carbons (Fsp3) is 0.333. The zero-order valence-corrected chi connectivity index (χ0v) is 16.8. The summed E-state index contributed by atoms with van der Waals surface area (Å²) in [5.41, 5.74) is 1.63. The smallest absolute Gasteiger partial charge is 0.322 e. The van der Waals surface area contributed by atoms with E-state index in [1.807, 2.05) is 0 Å². The number of aromatic nitrogens is 3. The topological polar surface area (TPSA) is 139 Å². The minimum atomic E-state index is -1.25. The van der Waals surface area contributed by atoms with E-state index in [9.17, 15) is 18.9 Å². The number of pyridine rings is 2. The van der Waals surface area contributed by atoms with Gasteiger partial charge in [-0.25, -0.2) is 14.4 Å². The second kappa shape index (κ2) is 8.93. The summed E-state index contributed by atoms with van der Waals surface area (Å²) >= 11 is 1.21. The van der Waals surface area contributed by atoms with Crippen molar-refractivity contribution in [3.8, 4) is 5.13 Å². The number of hydrogen-bond acceptors (Lipinski definition) is 10. The van der Waals surface area contributed by atoms with E-state index in [0.717, 1.165) is 12.3 Å². The van der Waals surface area contributed by atoms with Crippen LogP contribution in [-0.2, 0) is 4.84 Å². The van der Waals surface area contributed by atoms with Crippen molar-refractivity contribution >= 4 is 34.1 Å². The largest absolute Gasteiger partial charge is 0.396 e. The van der Waals surface area contributed by atoms with Crippen molar-refractivity contribution in [3.05, 3.63) is 50.4 Å². The van der Waals surface area contributed by atoms with Crippen molar-refractivity contribution in [3.63, 3.8) is 0 Å². The van der Waals surface area contributed by atoms with E-state index >= 15 is 0 Å². The molecule has 1 aliphatic rings. The van der Waals surface area contributed by atoms with Gasteiger partial charge < -0.3 is 14.8 Å². The van der Waals surface area contributed by atoms with Gasteiger partial charge in [0.2, 0.25) is 5.43 Å². The minimum Gasteiger partial charge on any atom is -0.396 e. The Hall–Kier alpha value is -3.13. The molecule has 3 aromatic rings. The molecule has 162 valence electrons. The molecule has 0 radical (unpaired) electrons. The van der Waals surface area contributed by atoms with Gasteiger partial charge in [-0.3, -0.25) is 14.2 Å². The van der Waals surface area contributed by atoms with E-state index in [-0.39, 0.29) is 29.5 Å². The van der Waals surface area contributed by atoms with Gasteiger partial charge in [-0.1, -0.05) is 0 Å². The number of aliphatic hydroxyl groups excluding tert-OH is 1. The van der Waals surface area contributed by atoms with Crippen molar-refractivity contribution < 1.29 is 19.1 Å². The van der Waals surface area contributed by atoms with Crippen molar-refractivity contribution in [2.45, 2.75) is 12.5 Å². The molecule has 0 bridgehead atoms. The highest BCUT2D eigenvalue weighted by molar-refractivity contribution is 7.12. The van der Waals surface area contributed by atoms with Gasteiger partial charge in [0.25, 0.3) is 0 Å². The predicted molar refractivity (Wildman–Crippen MR) is 110 cm³/mol. The van der Waals surface area contributed by atoms with Gasteiger partial charge in [0.05, 0.1) is 18.0 Å². The van der Waals surface area contributed by atoms with Crippen molar-refractivity contribution in [2.24, 2.45) is 5.18 Å². The zero-order valence-electron chi connectivity index (χ0n) is 16.0. The Morgan fingerprint density at radius 2 is 2.26 bits per heavy atom. The second-order valence-electron chi connectivity index (χ2n) is 6.76. The summed E-state index contributed by atoms with van der Waals surface area (Å²) in [5.74, 6) is -1.95. The Labute approximate surface area is 178 Å². The number of nitrogens with one attached hydrogen (secondary N) is 1. The number of hydrogen-bond donors (Lipinski definition) is 2. The number of anilines is 1. The molecule has 1 amide bonds. The third kappa shape index (κ3) is 4.07. The molecule has 2 N–H and O–H groups in total. The maximum absolute atomic E-state index is 14.8. The summed E-state index contributed by atoms with van der Waals surface area (Å²) in [5, 5.41) is 13.0. The summed E-state index contributed by atoms with van der Waals surface area (Å²) in [6.07, 6.45) is 3.18. The first-order valence-corrected chi connectivity index (χ1v) is 10.2. The van der Waals surface area contributed by atoms with Gasteiger partial charge in [0.1, 0.15) is 5.56 Å². The number of aliphatic hydroxyl groups is 1. The molecule has 3 aromatic heterocycles. The Balaban J connectivity index is 1.70. The van der Waals surface area contributed by atoms with Crippen LogP contribution in [-0.4, -0.2) is 57.9 Å². The summed E-state index contributed by atoms with van der Waals surface area (Å²) in [7, 11) is 0. The van der Waals surface area contributed by atoms with Gasteiger partial charge in [-0.05, 0) is 12.5 Å². The van der Waals surface area contributed by atoms with E-state index in [0.29, 0.717) is 31.2 Å². The molecule has 0 saturated carbocycles. The number of nitroso groups, excluding NO2 is 1. The monoisotopic (exact) mass is 448 g/mol. The van der Waals surface area contributed by atoms with Crippen LogP contribution in [0.2, 0.25) is 0 Å². The second-order valence-corrected chi connectivity index (χ2v) is 7.64. The fourth-order valence-electron chi connectivity index (χ4n) is 3.16. The van der Waals surface area contributed by atoms with Crippen molar-refractivity contribution in [2.75, 3.05) is 31.2 Å². The molecule has 0 atom stereocenters. The average molecular weight is 448 g/mol. The summed E-state index contributed by atoms with van der Waals surface area (Å²) in [4.78, 5) is 50.6. The first-order chi connectivity index (χ1) is 15.0. The predicted octanol–water partition coefficient (Wildman–Crippen LogP) is 0.980. The zero-order chi connectivity index (χ0) is 22.0. The Morgan fingerprint density at radius 3 is 2.94 bits per heavy atom. The summed E-state index contributed by atoms with van der Waals surface area (Å²) in [6.45, 7) is 1.22. The van der Waals surface area contributed by atoms with E-state index in [1.165, 1.54) is 22.1 Å². The first-order valence-electron chi connectivity index (χ1n) is 9.30. The number of nitrogens with zero attached hydrogens (tertiary/aromatic N) is 5. The number of halogens is 1. The molecular formula is C18H17FN6O5S. The van der Waals surface area contributed by atoms with Crippen LogP contribution in [0.1, 0.15) is 16.8 Å². The van der Waals surface area contributed by atoms with Gasteiger partial charge >= 0.3 is 5.91 Å².